The van der Waals surface area contributed by atoms with Crippen molar-refractivity contribution in [2.45, 2.75) is 33.4 Å². The minimum atomic E-state index is -0.367. The van der Waals surface area contributed by atoms with Crippen LogP contribution in [0.5, 0.6) is 0 Å². The summed E-state index contributed by atoms with van der Waals surface area (Å²) < 4.78 is 14.2. The summed E-state index contributed by atoms with van der Waals surface area (Å²) in [4.78, 5) is 18.9. The number of carbonyl (C=O) groups is 1. The summed E-state index contributed by atoms with van der Waals surface area (Å²) in [5.41, 5.74) is 3.20. The van der Waals surface area contributed by atoms with Gasteiger partial charge in [-0.25, -0.2) is 4.39 Å². The molecule has 27 heavy (non-hydrogen) atoms. The quantitative estimate of drug-likeness (QED) is 0.838. The highest BCUT2D eigenvalue weighted by Crippen LogP contribution is 2.24. The molecule has 0 radical (unpaired) electrons. The third-order valence-electron chi connectivity index (χ3n) is 4.86. The molecule has 3 rings (SSSR count). The molecule has 1 aliphatic heterocycles. The van der Waals surface area contributed by atoms with E-state index in [1.807, 2.05) is 6.92 Å². The Kier molecular flexibility index (Phi) is 6.09. The van der Waals surface area contributed by atoms with Crippen LogP contribution in [0.2, 0.25) is 5.02 Å². The number of carbonyl (C=O) groups excluding carboxylic acids is 1. The predicted octanol–water partition coefficient (Wildman–Crippen LogP) is 3.54. The highest BCUT2D eigenvalue weighted by atomic mass is 35.5. The summed E-state index contributed by atoms with van der Waals surface area (Å²) in [6.45, 7) is 9.19. The number of hydrogen-bond acceptors (Lipinski definition) is 4. The third kappa shape index (κ3) is 4.83. The van der Waals surface area contributed by atoms with Gasteiger partial charge in [-0.05, 0) is 50.1 Å². The highest BCUT2D eigenvalue weighted by molar-refractivity contribution is 6.31. The van der Waals surface area contributed by atoms with E-state index in [-0.39, 0.29) is 11.7 Å². The molecule has 1 aliphatic rings. The van der Waals surface area contributed by atoms with Crippen molar-refractivity contribution in [3.8, 4) is 0 Å². The SMILES string of the molecule is Cc1ncc(C(=O)Nc2cc(F)cc(CN3CCNC(C)C3)c2C)cc1Cl. The first-order valence-electron chi connectivity index (χ1n) is 9.01. The van der Waals surface area contributed by atoms with Gasteiger partial charge in [0.05, 0.1) is 16.3 Å². The number of pyridine rings is 1. The van der Waals surface area contributed by atoms with Crippen LogP contribution < -0.4 is 10.6 Å². The Labute approximate surface area is 163 Å². The molecule has 0 bridgehead atoms. The van der Waals surface area contributed by atoms with Crippen molar-refractivity contribution >= 4 is 23.2 Å². The Balaban J connectivity index is 1.80. The van der Waals surface area contributed by atoms with E-state index in [2.05, 4.69) is 27.4 Å². The van der Waals surface area contributed by atoms with Gasteiger partial charge in [0.25, 0.3) is 5.91 Å². The molecule has 7 heteroatoms. The molecule has 0 saturated carbocycles. The Bertz CT molecular complexity index is 858. The van der Waals surface area contributed by atoms with Crippen molar-refractivity contribution < 1.29 is 9.18 Å². The number of aryl methyl sites for hydroxylation is 1. The maximum absolute atomic E-state index is 14.2. The fourth-order valence-corrected chi connectivity index (χ4v) is 3.42. The van der Waals surface area contributed by atoms with E-state index in [1.54, 1.807) is 19.1 Å². The molecule has 1 aromatic carbocycles. The first-order valence-corrected chi connectivity index (χ1v) is 9.39. The van der Waals surface area contributed by atoms with Gasteiger partial charge < -0.3 is 10.6 Å². The molecule has 1 fully saturated rings. The molecule has 2 heterocycles. The fourth-order valence-electron chi connectivity index (χ4n) is 3.25. The average molecular weight is 391 g/mol. The Hall–Kier alpha value is -2.02. The molecule has 1 unspecified atom stereocenters. The lowest BCUT2D eigenvalue weighted by Gasteiger charge is -2.32. The third-order valence-corrected chi connectivity index (χ3v) is 5.25. The van der Waals surface area contributed by atoms with Crippen molar-refractivity contribution in [1.29, 1.82) is 0 Å². The highest BCUT2D eigenvalue weighted by Gasteiger charge is 2.18. The number of piperazine rings is 1. The molecule has 1 saturated heterocycles. The number of anilines is 1. The molecular formula is C20H24ClFN4O. The first-order chi connectivity index (χ1) is 12.8. The molecular weight excluding hydrogens is 367 g/mol. The van der Waals surface area contributed by atoms with Gasteiger partial charge in [0.1, 0.15) is 5.82 Å². The van der Waals surface area contributed by atoms with Crippen LogP contribution in [0.4, 0.5) is 10.1 Å². The van der Waals surface area contributed by atoms with Crippen molar-refractivity contribution in [3.05, 3.63) is 57.6 Å². The van der Waals surface area contributed by atoms with Crippen molar-refractivity contribution in [2.24, 2.45) is 0 Å². The Morgan fingerprint density at radius 2 is 2.19 bits per heavy atom. The molecule has 144 valence electrons. The fraction of sp³-hybridized carbons (Fsp3) is 0.400. The van der Waals surface area contributed by atoms with E-state index in [0.717, 1.165) is 30.8 Å². The van der Waals surface area contributed by atoms with Crippen LogP contribution >= 0.6 is 11.6 Å². The van der Waals surface area contributed by atoms with E-state index < -0.39 is 0 Å². The van der Waals surface area contributed by atoms with Gasteiger partial charge in [-0.1, -0.05) is 11.6 Å². The van der Waals surface area contributed by atoms with Crippen LogP contribution in [0.3, 0.4) is 0 Å². The van der Waals surface area contributed by atoms with Crippen LogP contribution in [0, 0.1) is 19.7 Å². The number of rotatable bonds is 4. The van der Waals surface area contributed by atoms with Gasteiger partial charge in [-0.3, -0.25) is 14.7 Å². The maximum atomic E-state index is 14.2. The van der Waals surface area contributed by atoms with Crippen LogP contribution in [-0.4, -0.2) is 41.5 Å². The van der Waals surface area contributed by atoms with Gasteiger partial charge in [-0.15, -0.1) is 0 Å². The zero-order valence-electron chi connectivity index (χ0n) is 15.8. The first kappa shape index (κ1) is 19.7. The minimum Gasteiger partial charge on any atom is -0.322 e. The van der Waals surface area contributed by atoms with Gasteiger partial charge >= 0.3 is 0 Å². The molecule has 1 atom stereocenters. The summed E-state index contributed by atoms with van der Waals surface area (Å²) in [7, 11) is 0. The second-order valence-electron chi connectivity index (χ2n) is 7.07. The Morgan fingerprint density at radius 1 is 1.41 bits per heavy atom. The lowest BCUT2D eigenvalue weighted by Crippen LogP contribution is -2.48. The monoisotopic (exact) mass is 390 g/mol. The van der Waals surface area contributed by atoms with E-state index in [1.165, 1.54) is 12.3 Å². The standard InChI is InChI=1S/C20H24ClFN4O/c1-12-10-26(5-4-23-12)11-16-6-17(22)8-19(13(16)2)25-20(27)15-7-18(21)14(3)24-9-15/h6-9,12,23H,4-5,10-11H2,1-3H3,(H,25,27). The van der Waals surface area contributed by atoms with Crippen LogP contribution in [0.15, 0.2) is 24.4 Å². The Morgan fingerprint density at radius 3 is 2.89 bits per heavy atom. The predicted molar refractivity (Wildman–Crippen MR) is 106 cm³/mol. The zero-order valence-corrected chi connectivity index (χ0v) is 16.5. The van der Waals surface area contributed by atoms with Gasteiger partial charge in [-0.2, -0.15) is 0 Å². The maximum Gasteiger partial charge on any atom is 0.257 e. The second kappa shape index (κ2) is 8.33. The number of nitrogens with one attached hydrogen (secondary N) is 2. The summed E-state index contributed by atoms with van der Waals surface area (Å²) in [5.74, 6) is -0.728. The second-order valence-corrected chi connectivity index (χ2v) is 7.48. The molecule has 2 aromatic rings. The normalized spacial score (nSPS) is 17.7. The van der Waals surface area contributed by atoms with E-state index in [0.29, 0.717) is 34.6 Å². The molecule has 5 nitrogen and oxygen atoms in total. The van der Waals surface area contributed by atoms with Crippen LogP contribution in [-0.2, 0) is 6.54 Å². The lowest BCUT2D eigenvalue weighted by molar-refractivity contribution is 0.102. The lowest BCUT2D eigenvalue weighted by atomic mass is 10.0. The van der Waals surface area contributed by atoms with Crippen molar-refractivity contribution in [3.63, 3.8) is 0 Å². The summed E-state index contributed by atoms with van der Waals surface area (Å²) in [5, 5.41) is 6.61. The largest absolute Gasteiger partial charge is 0.322 e. The van der Waals surface area contributed by atoms with Crippen LogP contribution in [0.1, 0.15) is 34.1 Å². The smallest absolute Gasteiger partial charge is 0.257 e. The summed E-state index contributed by atoms with van der Waals surface area (Å²) in [6, 6.07) is 4.87. The summed E-state index contributed by atoms with van der Waals surface area (Å²) in [6.07, 6.45) is 1.47. The minimum absolute atomic E-state index is 0.340. The number of hydrogen-bond donors (Lipinski definition) is 2. The molecule has 2 N–H and O–H groups in total. The van der Waals surface area contributed by atoms with Gasteiger partial charge in [0.15, 0.2) is 0 Å². The molecule has 0 spiro atoms. The van der Waals surface area contributed by atoms with Crippen molar-refractivity contribution in [2.75, 3.05) is 25.0 Å². The van der Waals surface area contributed by atoms with Crippen LogP contribution in [0.25, 0.3) is 0 Å². The summed E-state index contributed by atoms with van der Waals surface area (Å²) >= 11 is 6.05. The van der Waals surface area contributed by atoms with Gasteiger partial charge in [0.2, 0.25) is 0 Å². The zero-order chi connectivity index (χ0) is 19.6. The molecule has 1 amide bonds. The van der Waals surface area contributed by atoms with E-state index >= 15 is 0 Å². The number of halogens is 2. The number of aromatic nitrogens is 1. The number of amides is 1. The van der Waals surface area contributed by atoms with Crippen molar-refractivity contribution in [1.82, 2.24) is 15.2 Å². The van der Waals surface area contributed by atoms with E-state index in [9.17, 15) is 9.18 Å². The van der Waals surface area contributed by atoms with Gasteiger partial charge in [0, 0.05) is 44.1 Å². The number of nitrogens with zero attached hydrogens (tertiary/aromatic N) is 2. The number of benzene rings is 1. The average Bonchev–Trinajstić information content (AvgIpc) is 2.61. The van der Waals surface area contributed by atoms with E-state index in [4.69, 9.17) is 11.6 Å². The molecule has 1 aromatic heterocycles. The topological polar surface area (TPSA) is 57.3 Å². The molecule has 0 aliphatic carbocycles.